The number of hydrogen-bond donors (Lipinski definition) is 0. The van der Waals surface area contributed by atoms with E-state index in [1.165, 1.54) is 12.3 Å². The quantitative estimate of drug-likeness (QED) is 0.816. The lowest BCUT2D eigenvalue weighted by atomic mass is 10.1. The molecule has 0 aliphatic carbocycles. The Bertz CT molecular complexity index is 830. The number of carbonyl (C=O) groups is 1. The van der Waals surface area contributed by atoms with E-state index in [1.807, 2.05) is 11.0 Å². The Morgan fingerprint density at radius 3 is 2.62 bits per heavy atom. The van der Waals surface area contributed by atoms with Gasteiger partial charge in [0.25, 0.3) is 0 Å². The summed E-state index contributed by atoms with van der Waals surface area (Å²) in [6, 6.07) is 5.48. The fourth-order valence-electron chi connectivity index (χ4n) is 3.96. The predicted molar refractivity (Wildman–Crippen MR) is 92.9 cm³/mol. The van der Waals surface area contributed by atoms with Crippen molar-refractivity contribution in [1.82, 2.24) is 9.88 Å². The molecule has 0 bridgehead atoms. The minimum Gasteiger partial charge on any atom is -0.370 e. The Labute approximate surface area is 149 Å². The first-order chi connectivity index (χ1) is 12.4. The van der Waals surface area contributed by atoms with Crippen LogP contribution in [0.15, 0.2) is 30.5 Å². The van der Waals surface area contributed by atoms with Gasteiger partial charge in [-0.2, -0.15) is 13.2 Å². The fraction of sp³-hybridized carbons (Fsp3) is 0.474. The third-order valence-corrected chi connectivity index (χ3v) is 5.34. The monoisotopic (exact) mass is 363 g/mol. The maximum Gasteiger partial charge on any atom is 0.416 e. The van der Waals surface area contributed by atoms with Crippen molar-refractivity contribution in [2.75, 3.05) is 31.1 Å². The van der Waals surface area contributed by atoms with Crippen molar-refractivity contribution in [2.45, 2.75) is 25.4 Å². The van der Waals surface area contributed by atoms with E-state index in [0.29, 0.717) is 17.4 Å². The van der Waals surface area contributed by atoms with Crippen LogP contribution in [0, 0.1) is 5.92 Å². The molecule has 2 saturated heterocycles. The van der Waals surface area contributed by atoms with E-state index >= 15 is 0 Å². The first-order valence-corrected chi connectivity index (χ1v) is 8.93. The number of alkyl halides is 3. The van der Waals surface area contributed by atoms with E-state index in [-0.39, 0.29) is 11.8 Å². The summed E-state index contributed by atoms with van der Waals surface area (Å²) in [5, 5.41) is 0.690. The van der Waals surface area contributed by atoms with Crippen LogP contribution in [0.3, 0.4) is 0 Å². The number of anilines is 1. The fourth-order valence-corrected chi connectivity index (χ4v) is 3.96. The van der Waals surface area contributed by atoms with Crippen LogP contribution in [0.5, 0.6) is 0 Å². The molecule has 2 aliphatic rings. The molecule has 2 fully saturated rings. The molecule has 26 heavy (non-hydrogen) atoms. The summed E-state index contributed by atoms with van der Waals surface area (Å²) in [5.41, 5.74) is 0.477. The number of fused-ring (bicyclic) bond motifs is 1. The number of pyridine rings is 1. The summed E-state index contributed by atoms with van der Waals surface area (Å²) in [6.07, 6.45) is 0.0669. The molecular formula is C19H20F3N3O. The van der Waals surface area contributed by atoms with Crippen molar-refractivity contribution in [3.63, 3.8) is 0 Å². The van der Waals surface area contributed by atoms with Gasteiger partial charge in [0.15, 0.2) is 0 Å². The SMILES string of the molecule is O=C(C1CCN(c2ccnc3cc(C(F)(F)F)ccc23)C1)N1CCCC1. The summed E-state index contributed by atoms with van der Waals surface area (Å²) in [7, 11) is 0. The molecule has 0 N–H and O–H groups in total. The van der Waals surface area contributed by atoms with Gasteiger partial charge in [-0.25, -0.2) is 0 Å². The third-order valence-electron chi connectivity index (χ3n) is 5.34. The third kappa shape index (κ3) is 3.10. The lowest BCUT2D eigenvalue weighted by Gasteiger charge is -2.22. The summed E-state index contributed by atoms with van der Waals surface area (Å²) in [4.78, 5) is 20.7. The molecule has 3 heterocycles. The molecule has 138 valence electrons. The minimum absolute atomic E-state index is 0.0363. The van der Waals surface area contributed by atoms with E-state index in [4.69, 9.17) is 0 Å². The van der Waals surface area contributed by atoms with Crippen LogP contribution in [0.1, 0.15) is 24.8 Å². The van der Waals surface area contributed by atoms with E-state index in [0.717, 1.165) is 56.7 Å². The van der Waals surface area contributed by atoms with E-state index in [1.54, 1.807) is 0 Å². The molecular weight excluding hydrogens is 343 g/mol. The number of rotatable bonds is 2. The zero-order valence-electron chi connectivity index (χ0n) is 14.3. The largest absolute Gasteiger partial charge is 0.416 e. The zero-order chi connectivity index (χ0) is 18.3. The number of amides is 1. The molecule has 1 aromatic carbocycles. The molecule has 2 aliphatic heterocycles. The molecule has 2 aromatic rings. The van der Waals surface area contributed by atoms with E-state index in [2.05, 4.69) is 9.88 Å². The Balaban J connectivity index is 1.58. The highest BCUT2D eigenvalue weighted by atomic mass is 19.4. The van der Waals surface area contributed by atoms with E-state index < -0.39 is 11.7 Å². The Hall–Kier alpha value is -2.31. The van der Waals surface area contributed by atoms with Crippen molar-refractivity contribution >= 4 is 22.5 Å². The van der Waals surface area contributed by atoms with Crippen LogP contribution in [-0.4, -0.2) is 42.0 Å². The zero-order valence-corrected chi connectivity index (χ0v) is 14.3. The molecule has 0 radical (unpaired) electrons. The smallest absolute Gasteiger partial charge is 0.370 e. The molecule has 4 nitrogen and oxygen atoms in total. The number of nitrogens with zero attached hydrogens (tertiary/aromatic N) is 3. The van der Waals surface area contributed by atoms with Crippen molar-refractivity contribution in [1.29, 1.82) is 0 Å². The average Bonchev–Trinajstić information content (AvgIpc) is 3.31. The summed E-state index contributed by atoms with van der Waals surface area (Å²) < 4.78 is 38.8. The van der Waals surface area contributed by atoms with Gasteiger partial charge in [0, 0.05) is 43.4 Å². The number of benzene rings is 1. The van der Waals surface area contributed by atoms with Crippen LogP contribution in [0.25, 0.3) is 10.9 Å². The second kappa shape index (κ2) is 6.45. The second-order valence-electron chi connectivity index (χ2n) is 7.02. The highest BCUT2D eigenvalue weighted by Gasteiger charge is 2.34. The van der Waals surface area contributed by atoms with Crippen LogP contribution < -0.4 is 4.90 Å². The highest BCUT2D eigenvalue weighted by molar-refractivity contribution is 5.92. The molecule has 1 aromatic heterocycles. The van der Waals surface area contributed by atoms with Gasteiger partial charge in [0.1, 0.15) is 0 Å². The predicted octanol–water partition coefficient (Wildman–Crippen LogP) is 3.70. The lowest BCUT2D eigenvalue weighted by Crippen LogP contribution is -2.35. The van der Waals surface area contributed by atoms with Gasteiger partial charge in [-0.05, 0) is 37.5 Å². The second-order valence-corrected chi connectivity index (χ2v) is 7.02. The molecule has 1 unspecified atom stereocenters. The van der Waals surface area contributed by atoms with Gasteiger partial charge in [0.2, 0.25) is 5.91 Å². The van der Waals surface area contributed by atoms with Gasteiger partial charge in [-0.15, -0.1) is 0 Å². The standard InChI is InChI=1S/C19H20F3N3O/c20-19(21,22)14-3-4-15-16(11-14)23-7-5-17(15)25-10-6-13(12-25)18(26)24-8-1-2-9-24/h3-5,7,11,13H,1-2,6,8-10,12H2. The summed E-state index contributed by atoms with van der Waals surface area (Å²) >= 11 is 0. The van der Waals surface area contributed by atoms with Crippen molar-refractivity contribution in [2.24, 2.45) is 5.92 Å². The van der Waals surface area contributed by atoms with Crippen molar-refractivity contribution in [3.8, 4) is 0 Å². The maximum atomic E-state index is 12.9. The molecule has 1 atom stereocenters. The maximum absolute atomic E-state index is 12.9. The van der Waals surface area contributed by atoms with Crippen molar-refractivity contribution in [3.05, 3.63) is 36.0 Å². The van der Waals surface area contributed by atoms with Crippen LogP contribution in [0.2, 0.25) is 0 Å². The normalized spacial score (nSPS) is 21.0. The Kier molecular flexibility index (Phi) is 4.25. The number of carbonyl (C=O) groups excluding carboxylic acids is 1. The van der Waals surface area contributed by atoms with E-state index in [9.17, 15) is 18.0 Å². The average molecular weight is 363 g/mol. The number of halogens is 3. The topological polar surface area (TPSA) is 36.4 Å². The first kappa shape index (κ1) is 17.1. The summed E-state index contributed by atoms with van der Waals surface area (Å²) in [5.74, 6) is 0.175. The van der Waals surface area contributed by atoms with Crippen LogP contribution in [0.4, 0.5) is 18.9 Å². The van der Waals surface area contributed by atoms with Gasteiger partial charge in [-0.1, -0.05) is 6.07 Å². The van der Waals surface area contributed by atoms with Crippen molar-refractivity contribution < 1.29 is 18.0 Å². The molecule has 1 amide bonds. The molecule has 4 rings (SSSR count). The van der Waals surface area contributed by atoms with Crippen LogP contribution >= 0.6 is 0 Å². The number of aromatic nitrogens is 1. The van der Waals surface area contributed by atoms with Crippen LogP contribution in [-0.2, 0) is 11.0 Å². The number of hydrogen-bond acceptors (Lipinski definition) is 3. The summed E-state index contributed by atoms with van der Waals surface area (Å²) in [6.45, 7) is 3.02. The number of likely N-dealkylation sites (tertiary alicyclic amines) is 1. The molecule has 7 heteroatoms. The molecule has 0 saturated carbocycles. The van der Waals surface area contributed by atoms with Gasteiger partial charge in [-0.3, -0.25) is 9.78 Å². The Morgan fingerprint density at radius 2 is 1.88 bits per heavy atom. The Morgan fingerprint density at radius 1 is 1.12 bits per heavy atom. The lowest BCUT2D eigenvalue weighted by molar-refractivity contribution is -0.137. The first-order valence-electron chi connectivity index (χ1n) is 8.93. The van der Waals surface area contributed by atoms with Gasteiger partial charge >= 0.3 is 6.18 Å². The van der Waals surface area contributed by atoms with Gasteiger partial charge < -0.3 is 9.80 Å². The van der Waals surface area contributed by atoms with Gasteiger partial charge in [0.05, 0.1) is 17.0 Å². The highest BCUT2D eigenvalue weighted by Crippen LogP contribution is 2.35. The minimum atomic E-state index is -4.38. The molecule has 0 spiro atoms.